The summed E-state index contributed by atoms with van der Waals surface area (Å²) in [6.07, 6.45) is 1.48. The number of hydrogen-bond acceptors (Lipinski definition) is 7. The summed E-state index contributed by atoms with van der Waals surface area (Å²) in [4.78, 5) is 56.2. The number of amides is 2. The minimum Gasteiger partial charge on any atom is -0.460 e. The van der Waals surface area contributed by atoms with Crippen molar-refractivity contribution in [3.05, 3.63) is 76.9 Å². The Kier molecular flexibility index (Phi) is 7.23. The molecule has 0 aromatic heterocycles. The number of anilines is 1. The number of carbonyl (C=O) groups is 4. The summed E-state index contributed by atoms with van der Waals surface area (Å²) in [6, 6.07) is 15.5. The fraction of sp³-hybridized carbons (Fsp3) is 0.406. The first-order valence-electron chi connectivity index (χ1n) is 13.2. The lowest BCUT2D eigenvalue weighted by Crippen LogP contribution is -2.58. The first-order chi connectivity index (χ1) is 18.7. The van der Waals surface area contributed by atoms with E-state index in [4.69, 9.17) is 9.47 Å². The largest absolute Gasteiger partial charge is 0.460 e. The number of para-hydroxylation sites is 1. The molecule has 1 heterocycles. The molecule has 8 heteroatoms. The second-order valence-electron chi connectivity index (χ2n) is 12.3. The highest BCUT2D eigenvalue weighted by molar-refractivity contribution is 6.23. The average molecular weight is 543 g/mol. The molecule has 1 spiro atoms. The molecule has 208 valence electrons. The van der Waals surface area contributed by atoms with E-state index in [0.717, 1.165) is 4.90 Å². The average Bonchev–Trinajstić information content (AvgIpc) is 3.10. The normalized spacial score (nSPS) is 24.1. The Bertz CT molecular complexity index is 1450. The van der Waals surface area contributed by atoms with Crippen LogP contribution in [0.1, 0.15) is 71.1 Å². The molecule has 0 fully saturated rings. The number of aldehydes is 1. The van der Waals surface area contributed by atoms with Crippen LogP contribution in [0, 0.1) is 23.2 Å². The molecule has 2 aliphatic rings. The van der Waals surface area contributed by atoms with Gasteiger partial charge in [0, 0.05) is 5.92 Å². The third kappa shape index (κ3) is 4.81. The Balaban J connectivity index is 2.10. The summed E-state index contributed by atoms with van der Waals surface area (Å²) in [5, 5.41) is 9.64. The van der Waals surface area contributed by atoms with Gasteiger partial charge in [-0.15, -0.1) is 0 Å². The Hall–Kier alpha value is -4.25. The highest BCUT2D eigenvalue weighted by atomic mass is 16.6. The van der Waals surface area contributed by atoms with Crippen molar-refractivity contribution in [1.82, 2.24) is 0 Å². The minimum atomic E-state index is -1.74. The van der Waals surface area contributed by atoms with Gasteiger partial charge in [-0.25, -0.2) is 9.69 Å². The van der Waals surface area contributed by atoms with Crippen molar-refractivity contribution in [2.45, 2.75) is 71.0 Å². The zero-order valence-electron chi connectivity index (χ0n) is 23.8. The molecule has 2 aromatic carbocycles. The monoisotopic (exact) mass is 542 g/mol. The smallest absolute Gasteiger partial charge is 0.421 e. The molecule has 40 heavy (non-hydrogen) atoms. The Morgan fingerprint density at radius 3 is 2.25 bits per heavy atom. The van der Waals surface area contributed by atoms with Crippen molar-refractivity contribution >= 4 is 29.9 Å². The number of nitriles is 1. The van der Waals surface area contributed by atoms with Crippen LogP contribution >= 0.6 is 0 Å². The maximum absolute atomic E-state index is 14.9. The summed E-state index contributed by atoms with van der Waals surface area (Å²) in [7, 11) is 0. The van der Waals surface area contributed by atoms with E-state index in [0.29, 0.717) is 23.0 Å². The van der Waals surface area contributed by atoms with Gasteiger partial charge in [-0.2, -0.15) is 5.26 Å². The van der Waals surface area contributed by atoms with Gasteiger partial charge in [0.15, 0.2) is 0 Å². The summed E-state index contributed by atoms with van der Waals surface area (Å²) in [6.45, 7) is 12.1. The standard InChI is InChI=1S/C32H34N2O6/c1-19-15-22(18-35)26(21-12-10-11-20(16-21)17-33)32(25(19)27(36)39-30(2,3)4)23-13-8-9-14-24(23)34(28(32)37)29(38)40-31(5,6)7/h8-16,18-19,25-26H,1-7H3/t19-,25-,26+,32+/m0/s1. The predicted molar refractivity (Wildman–Crippen MR) is 148 cm³/mol. The van der Waals surface area contributed by atoms with Gasteiger partial charge >= 0.3 is 12.1 Å². The van der Waals surface area contributed by atoms with Crippen LogP contribution in [-0.4, -0.2) is 35.5 Å². The Morgan fingerprint density at radius 1 is 1.00 bits per heavy atom. The summed E-state index contributed by atoms with van der Waals surface area (Å²) < 4.78 is 11.5. The number of ether oxygens (including phenoxy) is 2. The molecule has 0 saturated carbocycles. The second-order valence-corrected chi connectivity index (χ2v) is 12.3. The van der Waals surface area contributed by atoms with Crippen molar-refractivity contribution in [2.24, 2.45) is 11.8 Å². The van der Waals surface area contributed by atoms with Crippen molar-refractivity contribution < 1.29 is 28.7 Å². The number of imide groups is 1. The maximum atomic E-state index is 14.9. The number of benzene rings is 2. The molecule has 1 aliphatic carbocycles. The van der Waals surface area contributed by atoms with Crippen LogP contribution < -0.4 is 4.90 Å². The van der Waals surface area contributed by atoms with E-state index in [-0.39, 0.29) is 11.3 Å². The minimum absolute atomic E-state index is 0.274. The van der Waals surface area contributed by atoms with E-state index in [1.54, 1.807) is 103 Å². The van der Waals surface area contributed by atoms with E-state index in [9.17, 15) is 24.4 Å². The predicted octanol–water partition coefficient (Wildman–Crippen LogP) is 5.59. The molecule has 0 bridgehead atoms. The third-order valence-corrected chi connectivity index (χ3v) is 7.13. The fourth-order valence-electron chi connectivity index (χ4n) is 5.97. The van der Waals surface area contributed by atoms with Crippen molar-refractivity contribution in [3.8, 4) is 6.07 Å². The highest BCUT2D eigenvalue weighted by Crippen LogP contribution is 2.60. The van der Waals surface area contributed by atoms with Crippen LogP contribution in [0.2, 0.25) is 0 Å². The van der Waals surface area contributed by atoms with Crippen LogP contribution in [0.25, 0.3) is 0 Å². The van der Waals surface area contributed by atoms with Crippen molar-refractivity contribution in [1.29, 1.82) is 5.26 Å². The summed E-state index contributed by atoms with van der Waals surface area (Å²) in [5.41, 5.74) is -1.73. The molecule has 4 rings (SSSR count). The molecule has 2 aromatic rings. The van der Waals surface area contributed by atoms with E-state index in [1.807, 2.05) is 0 Å². The van der Waals surface area contributed by atoms with Gasteiger partial charge in [-0.3, -0.25) is 14.4 Å². The number of carbonyl (C=O) groups excluding carboxylic acids is 4. The van der Waals surface area contributed by atoms with Gasteiger partial charge in [0.05, 0.1) is 23.2 Å². The molecular formula is C32H34N2O6. The molecule has 4 atom stereocenters. The molecule has 2 amide bonds. The van der Waals surface area contributed by atoms with E-state index in [2.05, 4.69) is 6.07 Å². The van der Waals surface area contributed by atoms with E-state index in [1.165, 1.54) is 0 Å². The number of esters is 1. The second kappa shape index (κ2) is 10.1. The molecule has 0 radical (unpaired) electrons. The SMILES string of the molecule is C[C@H]1C=C(C=O)[C@@H](c2cccc(C#N)c2)[C@]2(C(=O)N(C(=O)OC(C)(C)C)c3ccccc32)[C@@H]1C(=O)OC(C)(C)C. The Labute approximate surface area is 234 Å². The van der Waals surface area contributed by atoms with Crippen LogP contribution in [-0.2, 0) is 29.3 Å². The summed E-state index contributed by atoms with van der Waals surface area (Å²) in [5.74, 6) is -4.02. The van der Waals surface area contributed by atoms with Crippen LogP contribution in [0.5, 0.6) is 0 Å². The lowest BCUT2D eigenvalue weighted by Gasteiger charge is -2.47. The van der Waals surface area contributed by atoms with E-state index >= 15 is 0 Å². The highest BCUT2D eigenvalue weighted by Gasteiger charge is 2.67. The number of nitrogens with zero attached hydrogens (tertiary/aromatic N) is 2. The number of hydrogen-bond donors (Lipinski definition) is 0. The maximum Gasteiger partial charge on any atom is 0.421 e. The lowest BCUT2D eigenvalue weighted by atomic mass is 9.53. The molecule has 0 saturated heterocycles. The van der Waals surface area contributed by atoms with E-state index < -0.39 is 52.3 Å². The quantitative estimate of drug-likeness (QED) is 0.367. The van der Waals surface area contributed by atoms with Gasteiger partial charge in [0.25, 0.3) is 0 Å². The first-order valence-corrected chi connectivity index (χ1v) is 13.2. The first kappa shape index (κ1) is 28.8. The molecule has 0 unspecified atom stereocenters. The molecule has 8 nitrogen and oxygen atoms in total. The zero-order valence-corrected chi connectivity index (χ0v) is 23.8. The summed E-state index contributed by atoms with van der Waals surface area (Å²) >= 11 is 0. The Morgan fingerprint density at radius 2 is 1.65 bits per heavy atom. The lowest BCUT2D eigenvalue weighted by molar-refractivity contribution is -0.167. The van der Waals surface area contributed by atoms with Crippen molar-refractivity contribution in [3.63, 3.8) is 0 Å². The van der Waals surface area contributed by atoms with Crippen LogP contribution in [0.3, 0.4) is 0 Å². The van der Waals surface area contributed by atoms with Crippen LogP contribution in [0.4, 0.5) is 10.5 Å². The number of fused-ring (bicyclic) bond motifs is 2. The fourth-order valence-corrected chi connectivity index (χ4v) is 5.97. The third-order valence-electron chi connectivity index (χ3n) is 7.13. The zero-order chi connectivity index (χ0) is 29.6. The molecular weight excluding hydrogens is 508 g/mol. The van der Waals surface area contributed by atoms with Gasteiger partial charge in [-0.1, -0.05) is 43.3 Å². The number of rotatable bonds is 3. The van der Waals surface area contributed by atoms with Gasteiger partial charge in [0.2, 0.25) is 5.91 Å². The van der Waals surface area contributed by atoms with Gasteiger partial charge < -0.3 is 9.47 Å². The van der Waals surface area contributed by atoms with Crippen molar-refractivity contribution in [2.75, 3.05) is 4.90 Å². The molecule has 1 aliphatic heterocycles. The van der Waals surface area contributed by atoms with Gasteiger partial charge in [0.1, 0.15) is 22.9 Å². The molecule has 0 N–H and O–H groups in total. The van der Waals surface area contributed by atoms with Crippen LogP contribution in [0.15, 0.2) is 60.2 Å². The topological polar surface area (TPSA) is 114 Å². The van der Waals surface area contributed by atoms with Gasteiger partial charge in [-0.05, 0) is 82.4 Å². The number of allylic oxidation sites excluding steroid dienone is 2.